The van der Waals surface area contributed by atoms with E-state index < -0.39 is 0 Å². The van der Waals surface area contributed by atoms with Crippen molar-refractivity contribution in [3.63, 3.8) is 0 Å². The Balaban J connectivity index is 1.93. The number of aromatic nitrogens is 2. The number of carbonyl (C=O) groups excluding carboxylic acids is 2. The van der Waals surface area contributed by atoms with Gasteiger partial charge in [0.25, 0.3) is 5.91 Å². The summed E-state index contributed by atoms with van der Waals surface area (Å²) in [6.45, 7) is 8.29. The largest absolute Gasteiger partial charge is 0.376 e. The molecule has 1 aromatic rings. The van der Waals surface area contributed by atoms with E-state index in [0.29, 0.717) is 31.2 Å². The molecule has 26 heavy (non-hydrogen) atoms. The van der Waals surface area contributed by atoms with E-state index in [-0.39, 0.29) is 24.3 Å². The van der Waals surface area contributed by atoms with Crippen LogP contribution in [0, 0.1) is 12.8 Å². The average molecular weight is 362 g/mol. The molecular weight excluding hydrogens is 332 g/mol. The zero-order chi connectivity index (χ0) is 18.9. The third-order valence-electron chi connectivity index (χ3n) is 4.39. The lowest BCUT2D eigenvalue weighted by Crippen LogP contribution is -2.40. The second kappa shape index (κ2) is 10.2. The summed E-state index contributed by atoms with van der Waals surface area (Å²) in [4.78, 5) is 34.8. The van der Waals surface area contributed by atoms with Crippen LogP contribution >= 0.6 is 0 Å². The van der Waals surface area contributed by atoms with Crippen molar-refractivity contribution in [1.82, 2.24) is 20.2 Å². The molecule has 2 rings (SSSR count). The Hall–Kier alpha value is -2.02. The molecule has 1 aromatic heterocycles. The molecule has 2 amide bonds. The maximum Gasteiger partial charge on any atom is 0.274 e. The zero-order valence-electron chi connectivity index (χ0n) is 16.0. The molecule has 0 aliphatic carbocycles. The van der Waals surface area contributed by atoms with Gasteiger partial charge in [0, 0.05) is 38.9 Å². The van der Waals surface area contributed by atoms with E-state index in [1.165, 1.54) is 6.20 Å². The van der Waals surface area contributed by atoms with E-state index in [2.05, 4.69) is 29.1 Å². The van der Waals surface area contributed by atoms with Crippen LogP contribution in [-0.4, -0.2) is 59.0 Å². The van der Waals surface area contributed by atoms with Crippen molar-refractivity contribution in [3.05, 3.63) is 23.8 Å². The highest BCUT2D eigenvalue weighted by Crippen LogP contribution is 2.15. The maximum atomic E-state index is 12.8. The van der Waals surface area contributed by atoms with E-state index in [1.54, 1.807) is 11.1 Å². The van der Waals surface area contributed by atoms with Crippen LogP contribution in [0.15, 0.2) is 12.4 Å². The number of carbonyl (C=O) groups is 2. The molecular formula is C19H30N4O3. The van der Waals surface area contributed by atoms with Crippen LogP contribution in [0.4, 0.5) is 0 Å². The Bertz CT molecular complexity index is 583. The lowest BCUT2D eigenvalue weighted by atomic mass is 10.1. The van der Waals surface area contributed by atoms with Gasteiger partial charge < -0.3 is 15.0 Å². The van der Waals surface area contributed by atoms with Crippen molar-refractivity contribution in [1.29, 1.82) is 0 Å². The molecule has 144 valence electrons. The van der Waals surface area contributed by atoms with Crippen LogP contribution in [0.25, 0.3) is 0 Å². The number of hydrogen-bond acceptors (Lipinski definition) is 5. The summed E-state index contributed by atoms with van der Waals surface area (Å²) in [6, 6.07) is 0. The SMILES string of the molecule is Cc1cnc(C(=O)N(CCC(=O)NCCC(C)C)CC2CCCO2)cn1. The van der Waals surface area contributed by atoms with Crippen LogP contribution in [0.1, 0.15) is 55.7 Å². The Morgan fingerprint density at radius 1 is 1.35 bits per heavy atom. The van der Waals surface area contributed by atoms with Gasteiger partial charge in [0.1, 0.15) is 5.69 Å². The second-order valence-corrected chi connectivity index (χ2v) is 7.21. The summed E-state index contributed by atoms with van der Waals surface area (Å²) in [5.74, 6) is 0.307. The lowest BCUT2D eigenvalue weighted by Gasteiger charge is -2.25. The van der Waals surface area contributed by atoms with Gasteiger partial charge in [0.05, 0.1) is 18.0 Å². The molecule has 0 bridgehead atoms. The molecule has 1 fully saturated rings. The van der Waals surface area contributed by atoms with E-state index in [0.717, 1.165) is 31.6 Å². The highest BCUT2D eigenvalue weighted by atomic mass is 16.5. The molecule has 7 nitrogen and oxygen atoms in total. The highest BCUT2D eigenvalue weighted by molar-refractivity contribution is 5.92. The van der Waals surface area contributed by atoms with Gasteiger partial charge in [0.15, 0.2) is 0 Å². The van der Waals surface area contributed by atoms with E-state index >= 15 is 0 Å². The average Bonchev–Trinajstić information content (AvgIpc) is 3.11. The summed E-state index contributed by atoms with van der Waals surface area (Å²) in [5, 5.41) is 2.91. The van der Waals surface area contributed by atoms with E-state index in [1.807, 2.05) is 6.92 Å². The molecule has 1 unspecified atom stereocenters. The molecule has 0 aromatic carbocycles. The van der Waals surface area contributed by atoms with Crippen molar-refractivity contribution in [2.75, 3.05) is 26.2 Å². The molecule has 1 aliphatic rings. The summed E-state index contributed by atoms with van der Waals surface area (Å²) in [6.07, 6.45) is 6.26. The minimum absolute atomic E-state index is 0.0290. The van der Waals surface area contributed by atoms with Crippen molar-refractivity contribution in [2.45, 2.75) is 52.6 Å². The van der Waals surface area contributed by atoms with Gasteiger partial charge in [-0.1, -0.05) is 13.8 Å². The Labute approximate surface area is 155 Å². The fraction of sp³-hybridized carbons (Fsp3) is 0.684. The molecule has 0 saturated carbocycles. The summed E-state index contributed by atoms with van der Waals surface area (Å²) >= 11 is 0. The van der Waals surface area contributed by atoms with E-state index in [9.17, 15) is 9.59 Å². The number of hydrogen-bond donors (Lipinski definition) is 1. The Kier molecular flexibility index (Phi) is 7.97. The number of ether oxygens (including phenoxy) is 1. The smallest absolute Gasteiger partial charge is 0.274 e. The number of rotatable bonds is 9. The fourth-order valence-electron chi connectivity index (χ4n) is 2.80. The number of aryl methyl sites for hydroxylation is 1. The fourth-order valence-corrected chi connectivity index (χ4v) is 2.80. The van der Waals surface area contributed by atoms with Crippen LogP contribution in [-0.2, 0) is 9.53 Å². The minimum Gasteiger partial charge on any atom is -0.376 e. The van der Waals surface area contributed by atoms with Gasteiger partial charge in [-0.3, -0.25) is 14.6 Å². The number of nitrogens with one attached hydrogen (secondary N) is 1. The predicted molar refractivity (Wildman–Crippen MR) is 98.7 cm³/mol. The van der Waals surface area contributed by atoms with Crippen molar-refractivity contribution >= 4 is 11.8 Å². The Morgan fingerprint density at radius 2 is 2.15 bits per heavy atom. The number of nitrogens with zero attached hydrogens (tertiary/aromatic N) is 3. The van der Waals surface area contributed by atoms with Crippen molar-refractivity contribution in [3.8, 4) is 0 Å². The van der Waals surface area contributed by atoms with Crippen LogP contribution < -0.4 is 5.32 Å². The molecule has 7 heteroatoms. The maximum absolute atomic E-state index is 12.8. The summed E-state index contributed by atoms with van der Waals surface area (Å²) < 4.78 is 5.66. The lowest BCUT2D eigenvalue weighted by molar-refractivity contribution is -0.121. The highest BCUT2D eigenvalue weighted by Gasteiger charge is 2.24. The molecule has 0 spiro atoms. The third-order valence-corrected chi connectivity index (χ3v) is 4.39. The first-order valence-corrected chi connectivity index (χ1v) is 9.42. The van der Waals surface area contributed by atoms with Crippen molar-refractivity contribution in [2.24, 2.45) is 5.92 Å². The minimum atomic E-state index is -0.206. The first-order chi connectivity index (χ1) is 12.5. The summed E-state index contributed by atoms with van der Waals surface area (Å²) in [5.41, 5.74) is 1.06. The molecule has 1 aliphatic heterocycles. The quantitative estimate of drug-likeness (QED) is 0.726. The first kappa shape index (κ1) is 20.3. The second-order valence-electron chi connectivity index (χ2n) is 7.21. The van der Waals surface area contributed by atoms with Gasteiger partial charge >= 0.3 is 0 Å². The third kappa shape index (κ3) is 6.71. The van der Waals surface area contributed by atoms with Gasteiger partial charge in [-0.2, -0.15) is 0 Å². The normalized spacial score (nSPS) is 16.7. The van der Waals surface area contributed by atoms with Crippen LogP contribution in [0.2, 0.25) is 0 Å². The predicted octanol–water partition coefficient (Wildman–Crippen LogP) is 1.96. The van der Waals surface area contributed by atoms with E-state index in [4.69, 9.17) is 4.74 Å². The van der Waals surface area contributed by atoms with Crippen LogP contribution in [0.3, 0.4) is 0 Å². The molecule has 1 saturated heterocycles. The monoisotopic (exact) mass is 362 g/mol. The molecule has 1 atom stereocenters. The van der Waals surface area contributed by atoms with Gasteiger partial charge in [-0.05, 0) is 32.1 Å². The standard InChI is InChI=1S/C19H30N4O3/c1-14(2)6-8-20-18(24)7-9-23(13-16-5-4-10-26-16)19(25)17-12-21-15(3)11-22-17/h11-12,14,16H,4-10,13H2,1-3H3,(H,20,24). The molecule has 1 N–H and O–H groups in total. The van der Waals surface area contributed by atoms with Gasteiger partial charge in [-0.15, -0.1) is 0 Å². The zero-order valence-corrected chi connectivity index (χ0v) is 16.0. The molecule has 2 heterocycles. The van der Waals surface area contributed by atoms with Crippen LogP contribution in [0.5, 0.6) is 0 Å². The topological polar surface area (TPSA) is 84.4 Å². The summed E-state index contributed by atoms with van der Waals surface area (Å²) in [7, 11) is 0. The number of amides is 2. The van der Waals surface area contributed by atoms with Crippen molar-refractivity contribution < 1.29 is 14.3 Å². The van der Waals surface area contributed by atoms with Gasteiger partial charge in [-0.25, -0.2) is 4.98 Å². The van der Waals surface area contributed by atoms with Gasteiger partial charge in [0.2, 0.25) is 5.91 Å². The molecule has 0 radical (unpaired) electrons. The first-order valence-electron chi connectivity index (χ1n) is 9.42. The Morgan fingerprint density at radius 3 is 2.77 bits per heavy atom.